The molecule has 0 aliphatic heterocycles. The van der Waals surface area contributed by atoms with Gasteiger partial charge >= 0.3 is 0 Å². The number of amides is 3. The number of fused-ring (bicyclic) bond motifs is 1. The minimum atomic E-state index is -0.865. The molecule has 0 saturated heterocycles. The van der Waals surface area contributed by atoms with Crippen molar-refractivity contribution < 1.29 is 14.4 Å². The van der Waals surface area contributed by atoms with E-state index < -0.39 is 12.1 Å². The zero-order valence-electron chi connectivity index (χ0n) is 27.1. The standard InChI is InChI=1S/C39H42N4O3S/c1-27(40)31-15-9-16-33(25-31)38(45)43(3)36(24-29-18-19-30-13-7-8-14-32(30)23-29)39(46)42(2)35(26-34-17-10-22-47-34)37(44)41-21-20-28-11-5-4-6-12-28/h4-19,22-23,25,27,35-36H,20-21,24,26,40H2,1-3H3,(H,41,44)/t27?,35?,36-/m1/s1. The molecule has 1 heterocycles. The van der Waals surface area contributed by atoms with E-state index in [-0.39, 0.29) is 30.2 Å². The first kappa shape index (κ1) is 33.6. The minimum absolute atomic E-state index is 0.228. The van der Waals surface area contributed by atoms with Gasteiger partial charge in [0.05, 0.1) is 0 Å². The number of nitrogens with zero attached hydrogens (tertiary/aromatic N) is 2. The average Bonchev–Trinajstić information content (AvgIpc) is 3.62. The number of carbonyl (C=O) groups excluding carboxylic acids is 3. The molecule has 0 saturated carbocycles. The van der Waals surface area contributed by atoms with Crippen LogP contribution in [-0.4, -0.2) is 60.2 Å². The van der Waals surface area contributed by atoms with E-state index >= 15 is 0 Å². The lowest BCUT2D eigenvalue weighted by Gasteiger charge is -2.34. The van der Waals surface area contributed by atoms with E-state index in [1.54, 1.807) is 37.6 Å². The number of likely N-dealkylation sites (N-methyl/N-ethyl adjacent to an activating group) is 2. The highest BCUT2D eigenvalue weighted by Gasteiger charge is 2.35. The third-order valence-corrected chi connectivity index (χ3v) is 9.52. The van der Waals surface area contributed by atoms with Crippen molar-refractivity contribution in [2.75, 3.05) is 20.6 Å². The van der Waals surface area contributed by atoms with E-state index in [4.69, 9.17) is 5.73 Å². The molecule has 0 aliphatic carbocycles. The molecule has 5 aromatic rings. The van der Waals surface area contributed by atoms with Gasteiger partial charge in [-0.3, -0.25) is 14.4 Å². The molecule has 8 heteroatoms. The van der Waals surface area contributed by atoms with E-state index in [1.165, 1.54) is 9.80 Å². The number of thiophene rings is 1. The summed E-state index contributed by atoms with van der Waals surface area (Å²) in [5, 5.41) is 7.17. The molecule has 7 nitrogen and oxygen atoms in total. The van der Waals surface area contributed by atoms with Gasteiger partial charge in [0.2, 0.25) is 11.8 Å². The van der Waals surface area contributed by atoms with Crippen molar-refractivity contribution in [1.29, 1.82) is 0 Å². The Morgan fingerprint density at radius 1 is 0.745 bits per heavy atom. The number of benzene rings is 4. The maximum atomic E-state index is 14.6. The summed E-state index contributed by atoms with van der Waals surface area (Å²) >= 11 is 1.55. The van der Waals surface area contributed by atoms with Gasteiger partial charge in [-0.15, -0.1) is 11.3 Å². The number of nitrogens with one attached hydrogen (secondary N) is 1. The van der Waals surface area contributed by atoms with Crippen LogP contribution in [0.25, 0.3) is 10.8 Å². The van der Waals surface area contributed by atoms with Crippen molar-refractivity contribution in [3.8, 4) is 0 Å². The Balaban J connectivity index is 1.44. The average molecular weight is 647 g/mol. The smallest absolute Gasteiger partial charge is 0.254 e. The molecule has 2 unspecified atom stereocenters. The summed E-state index contributed by atoms with van der Waals surface area (Å²) in [6.45, 7) is 2.31. The molecule has 3 amide bonds. The number of hydrogen-bond donors (Lipinski definition) is 2. The van der Waals surface area contributed by atoms with E-state index in [9.17, 15) is 14.4 Å². The molecule has 0 radical (unpaired) electrons. The fourth-order valence-electron chi connectivity index (χ4n) is 5.78. The van der Waals surface area contributed by atoms with Crippen LogP contribution in [0.5, 0.6) is 0 Å². The molecule has 0 aliphatic rings. The fourth-order valence-corrected chi connectivity index (χ4v) is 6.53. The Morgan fingerprint density at radius 2 is 1.49 bits per heavy atom. The normalized spacial score (nSPS) is 13.0. The summed E-state index contributed by atoms with van der Waals surface area (Å²) in [6, 6.07) is 33.4. The fraction of sp³-hybridized carbons (Fsp3) is 0.256. The van der Waals surface area contributed by atoms with Crippen LogP contribution in [0, 0.1) is 0 Å². The van der Waals surface area contributed by atoms with Gasteiger partial charge in [-0.25, -0.2) is 0 Å². The van der Waals surface area contributed by atoms with Crippen LogP contribution in [0.3, 0.4) is 0 Å². The predicted octanol–water partition coefficient (Wildman–Crippen LogP) is 6.03. The summed E-state index contributed by atoms with van der Waals surface area (Å²) in [6.07, 6.45) is 1.33. The Labute approximate surface area is 281 Å². The third kappa shape index (κ3) is 8.52. The van der Waals surface area contributed by atoms with Gasteiger partial charge in [-0.1, -0.05) is 91.0 Å². The molecular weight excluding hydrogens is 605 g/mol. The van der Waals surface area contributed by atoms with Gasteiger partial charge in [0, 0.05) is 50.0 Å². The maximum Gasteiger partial charge on any atom is 0.254 e. The second-order valence-corrected chi connectivity index (χ2v) is 13.0. The molecule has 242 valence electrons. The number of carbonyl (C=O) groups is 3. The predicted molar refractivity (Wildman–Crippen MR) is 190 cm³/mol. The first-order chi connectivity index (χ1) is 22.7. The lowest BCUT2D eigenvalue weighted by molar-refractivity contribution is -0.142. The summed E-state index contributed by atoms with van der Waals surface area (Å²) < 4.78 is 0. The van der Waals surface area contributed by atoms with Gasteiger partial charge in [0.25, 0.3) is 5.91 Å². The molecule has 3 atom stereocenters. The van der Waals surface area contributed by atoms with Crippen LogP contribution in [0.15, 0.2) is 115 Å². The van der Waals surface area contributed by atoms with Crippen LogP contribution in [0.2, 0.25) is 0 Å². The molecule has 0 bridgehead atoms. The van der Waals surface area contributed by atoms with Gasteiger partial charge in [0.15, 0.2) is 0 Å². The van der Waals surface area contributed by atoms with Crippen molar-refractivity contribution in [2.45, 2.75) is 44.3 Å². The third-order valence-electron chi connectivity index (χ3n) is 8.62. The van der Waals surface area contributed by atoms with Crippen LogP contribution in [-0.2, 0) is 28.9 Å². The number of hydrogen-bond acceptors (Lipinski definition) is 5. The van der Waals surface area contributed by atoms with Crippen molar-refractivity contribution >= 4 is 39.8 Å². The topological polar surface area (TPSA) is 95.7 Å². The van der Waals surface area contributed by atoms with Crippen molar-refractivity contribution in [3.63, 3.8) is 0 Å². The van der Waals surface area contributed by atoms with Gasteiger partial charge in [-0.05, 0) is 64.4 Å². The van der Waals surface area contributed by atoms with Crippen molar-refractivity contribution in [3.05, 3.63) is 142 Å². The Kier molecular flexibility index (Phi) is 11.2. The van der Waals surface area contributed by atoms with E-state index in [0.717, 1.165) is 32.3 Å². The zero-order chi connectivity index (χ0) is 33.3. The van der Waals surface area contributed by atoms with Gasteiger partial charge < -0.3 is 20.9 Å². The van der Waals surface area contributed by atoms with E-state index in [1.807, 2.05) is 103 Å². The minimum Gasteiger partial charge on any atom is -0.354 e. The summed E-state index contributed by atoms with van der Waals surface area (Å²) in [7, 11) is 3.33. The Bertz CT molecular complexity index is 1810. The van der Waals surface area contributed by atoms with Gasteiger partial charge in [0.1, 0.15) is 12.1 Å². The largest absolute Gasteiger partial charge is 0.354 e. The van der Waals surface area contributed by atoms with Crippen molar-refractivity contribution in [2.24, 2.45) is 5.73 Å². The first-order valence-corrected chi connectivity index (χ1v) is 16.8. The first-order valence-electron chi connectivity index (χ1n) is 15.9. The quantitative estimate of drug-likeness (QED) is 0.163. The molecule has 47 heavy (non-hydrogen) atoms. The lowest BCUT2D eigenvalue weighted by Crippen LogP contribution is -2.56. The summed E-state index contributed by atoms with van der Waals surface area (Å²) in [4.78, 5) is 46.3. The maximum absolute atomic E-state index is 14.6. The highest BCUT2D eigenvalue weighted by atomic mass is 32.1. The van der Waals surface area contributed by atoms with Gasteiger partial charge in [-0.2, -0.15) is 0 Å². The SMILES string of the molecule is CC(N)c1cccc(C(=O)N(C)[C@H](Cc2ccc3ccccc3c2)C(=O)N(C)C(Cc2cccs2)C(=O)NCCc2ccccc2)c1. The van der Waals surface area contributed by atoms with E-state index in [2.05, 4.69) is 11.4 Å². The molecule has 1 aromatic heterocycles. The molecule has 0 spiro atoms. The summed E-state index contributed by atoms with van der Waals surface area (Å²) in [5.74, 6) is -0.826. The molecule has 4 aromatic carbocycles. The lowest BCUT2D eigenvalue weighted by atomic mass is 9.98. The molecule has 3 N–H and O–H groups in total. The molecule has 0 fully saturated rings. The zero-order valence-corrected chi connectivity index (χ0v) is 28.0. The van der Waals surface area contributed by atoms with Crippen LogP contribution in [0.4, 0.5) is 0 Å². The van der Waals surface area contributed by atoms with Crippen LogP contribution >= 0.6 is 11.3 Å². The van der Waals surface area contributed by atoms with Crippen LogP contribution in [0.1, 0.15) is 44.9 Å². The molecular formula is C39H42N4O3S. The Morgan fingerprint density at radius 3 is 2.21 bits per heavy atom. The highest BCUT2D eigenvalue weighted by molar-refractivity contribution is 7.09. The van der Waals surface area contributed by atoms with Crippen LogP contribution < -0.4 is 11.1 Å². The van der Waals surface area contributed by atoms with E-state index in [0.29, 0.717) is 24.9 Å². The second kappa shape index (κ2) is 15.7. The highest BCUT2D eigenvalue weighted by Crippen LogP contribution is 2.22. The monoisotopic (exact) mass is 646 g/mol. The number of rotatable bonds is 13. The second-order valence-electron chi connectivity index (χ2n) is 12.0. The van der Waals surface area contributed by atoms with Crippen molar-refractivity contribution in [1.82, 2.24) is 15.1 Å². The number of nitrogens with two attached hydrogens (primary N) is 1. The summed E-state index contributed by atoms with van der Waals surface area (Å²) in [5.41, 5.74) is 9.44. The Hall–Kier alpha value is -4.79. The molecule has 5 rings (SSSR count).